The number of carbonyl (C=O) groups is 1. The molecule has 0 fully saturated rings. The molecule has 0 aliphatic carbocycles. The lowest BCUT2D eigenvalue weighted by Gasteiger charge is -2.30. The third-order valence-corrected chi connectivity index (χ3v) is 8.90. The lowest BCUT2D eigenvalue weighted by atomic mass is 9.93. The Bertz CT molecular complexity index is 1620. The van der Waals surface area contributed by atoms with E-state index in [2.05, 4.69) is 102 Å². The molecule has 57 heavy (non-hydrogen) atoms. The number of terminal acetylenes is 1. The second-order valence-corrected chi connectivity index (χ2v) is 14.8. The van der Waals surface area contributed by atoms with Crippen molar-refractivity contribution in [3.63, 3.8) is 0 Å². The molecule has 0 atom stereocenters. The molecule has 1 aromatic carbocycles. The average Bonchev–Trinajstić information content (AvgIpc) is 3.56. The smallest absolute Gasteiger partial charge is 0.293 e. The van der Waals surface area contributed by atoms with Crippen LogP contribution in [0.3, 0.4) is 0 Å². The number of methoxy groups -OCH3 is 2. The standard InChI is InChI=1S/C23H26N2O.C9H18O4.C7H14.C7H10.2C2H6/c1-6-15-11-22-23-20(13-25(22)14(4)17(15)7-2)18(8-3)19-12-16(26-5)9-10-21(19)24-23;1-9(2,4-5-12-8-10)13-7-6-11-3;1-5-6-7(2,3)4;1-4-6-7(3)5-2;2*1-2/h9-12H,4,6-8,13H2,1-3,5H3;8H,4-7H2,1-3H3;5H,1,6H2,2-4H3;2H,3-4,6H2,1H3;2*1-2H3. The first-order valence-electron chi connectivity index (χ1n) is 21.0. The second kappa shape index (κ2) is 30.0. The summed E-state index contributed by atoms with van der Waals surface area (Å²) in [7, 11) is 3.35. The van der Waals surface area contributed by atoms with E-state index in [9.17, 15) is 4.79 Å². The summed E-state index contributed by atoms with van der Waals surface area (Å²) in [5, 5.41) is 1.20. The number of allylic oxidation sites excluding steroid dienone is 5. The molecule has 3 heterocycles. The lowest BCUT2D eigenvalue weighted by Crippen LogP contribution is -2.27. The van der Waals surface area contributed by atoms with Crippen LogP contribution in [0.5, 0.6) is 5.75 Å². The zero-order chi connectivity index (χ0) is 44.2. The molecule has 0 saturated carbocycles. The minimum absolute atomic E-state index is 0.262. The number of pyridine rings is 1. The summed E-state index contributed by atoms with van der Waals surface area (Å²) in [6.45, 7) is 41.8. The number of rotatable bonds is 15. The van der Waals surface area contributed by atoms with E-state index < -0.39 is 0 Å². The highest BCUT2D eigenvalue weighted by molar-refractivity contribution is 5.89. The third kappa shape index (κ3) is 19.3. The molecule has 0 N–H and O–H groups in total. The van der Waals surface area contributed by atoms with E-state index in [-0.39, 0.29) is 5.60 Å². The van der Waals surface area contributed by atoms with Gasteiger partial charge in [0.1, 0.15) is 5.75 Å². The van der Waals surface area contributed by atoms with Gasteiger partial charge in [-0.2, -0.15) is 0 Å². The fourth-order valence-electron chi connectivity index (χ4n) is 6.00. The van der Waals surface area contributed by atoms with Crippen LogP contribution in [-0.4, -0.2) is 56.0 Å². The van der Waals surface area contributed by atoms with Crippen LogP contribution in [0, 0.1) is 17.8 Å². The Balaban J connectivity index is 0. The Morgan fingerprint density at radius 3 is 2.07 bits per heavy atom. The highest BCUT2D eigenvalue weighted by atomic mass is 16.5. The van der Waals surface area contributed by atoms with Crippen LogP contribution >= 0.6 is 0 Å². The van der Waals surface area contributed by atoms with E-state index in [0.29, 0.717) is 38.1 Å². The average molecular weight is 789 g/mol. The molecular formula is C50H80N2O5. The number of hydrogen-bond donors (Lipinski definition) is 0. The van der Waals surface area contributed by atoms with Crippen molar-refractivity contribution < 1.29 is 23.7 Å². The van der Waals surface area contributed by atoms with Crippen molar-refractivity contribution >= 4 is 23.1 Å². The molecule has 1 aromatic heterocycles. The molecule has 2 aromatic rings. The molecule has 0 amide bonds. The minimum atomic E-state index is -0.262. The first kappa shape index (κ1) is 55.0. The molecule has 7 heteroatoms. The van der Waals surface area contributed by atoms with Crippen LogP contribution in [0.1, 0.15) is 145 Å². The zero-order valence-electron chi connectivity index (χ0n) is 38.9. The van der Waals surface area contributed by atoms with Gasteiger partial charge in [0.25, 0.3) is 6.47 Å². The molecule has 2 aliphatic heterocycles. The summed E-state index contributed by atoms with van der Waals surface area (Å²) in [5.41, 5.74) is 11.1. The maximum absolute atomic E-state index is 9.87. The van der Waals surface area contributed by atoms with Crippen molar-refractivity contribution in [2.45, 2.75) is 147 Å². The SMILES string of the molecule is C#CC(=C)CCC.C=C1C(CC)=C(CC)C=C2c3nc4ccc(OC)cc4c(CC)c3CN12.C=CCC(C)(C)C.CC.CC.COCCOC(C)(C)CCOC=O. The van der Waals surface area contributed by atoms with Crippen LogP contribution in [0.15, 0.2) is 72.5 Å². The molecule has 0 spiro atoms. The number of hydrogen-bond acceptors (Lipinski definition) is 7. The first-order valence-corrected chi connectivity index (χ1v) is 21.0. The van der Waals surface area contributed by atoms with Gasteiger partial charge in [0.05, 0.1) is 56.0 Å². The van der Waals surface area contributed by atoms with E-state index >= 15 is 0 Å². The molecular weight excluding hydrogens is 709 g/mol. The number of ether oxygens (including phenoxy) is 4. The Morgan fingerprint density at radius 1 is 0.982 bits per heavy atom. The van der Waals surface area contributed by atoms with Crippen molar-refractivity contribution in [3.05, 3.63) is 89.3 Å². The van der Waals surface area contributed by atoms with Crippen LogP contribution in [-0.2, 0) is 32.0 Å². The zero-order valence-corrected chi connectivity index (χ0v) is 38.9. The molecule has 0 radical (unpaired) electrons. The largest absolute Gasteiger partial charge is 0.497 e. The topological polar surface area (TPSA) is 70.1 Å². The fraction of sp³-hybridized carbons (Fsp3) is 0.560. The van der Waals surface area contributed by atoms with Gasteiger partial charge in [-0.3, -0.25) is 4.79 Å². The summed E-state index contributed by atoms with van der Waals surface area (Å²) >= 11 is 0. The fourth-order valence-corrected chi connectivity index (χ4v) is 6.00. The minimum Gasteiger partial charge on any atom is -0.497 e. The summed E-state index contributed by atoms with van der Waals surface area (Å²) < 4.78 is 20.4. The van der Waals surface area contributed by atoms with Crippen molar-refractivity contribution in [3.8, 4) is 18.1 Å². The van der Waals surface area contributed by atoms with Crippen molar-refractivity contribution in [1.29, 1.82) is 0 Å². The van der Waals surface area contributed by atoms with E-state index in [1.165, 1.54) is 33.4 Å². The van der Waals surface area contributed by atoms with Gasteiger partial charge in [-0.25, -0.2) is 4.98 Å². The maximum Gasteiger partial charge on any atom is 0.293 e. The molecule has 0 saturated heterocycles. The van der Waals surface area contributed by atoms with Gasteiger partial charge in [0, 0.05) is 30.2 Å². The first-order chi connectivity index (χ1) is 27.1. The number of carbonyl (C=O) groups excluding carboxylic acids is 1. The highest BCUT2D eigenvalue weighted by Crippen LogP contribution is 2.45. The summed E-state index contributed by atoms with van der Waals surface area (Å²) in [6.07, 6.45) is 16.2. The van der Waals surface area contributed by atoms with Crippen molar-refractivity contribution in [2.75, 3.05) is 34.0 Å². The number of nitrogens with zero attached hydrogens (tertiary/aromatic N) is 2. The Labute approximate surface area is 349 Å². The lowest BCUT2D eigenvalue weighted by molar-refractivity contribution is -0.130. The van der Waals surface area contributed by atoms with Crippen LogP contribution in [0.4, 0.5) is 0 Å². The van der Waals surface area contributed by atoms with E-state index in [4.69, 9.17) is 25.6 Å². The van der Waals surface area contributed by atoms with Gasteiger partial charge in [0.2, 0.25) is 0 Å². The van der Waals surface area contributed by atoms with Crippen LogP contribution < -0.4 is 4.74 Å². The monoisotopic (exact) mass is 789 g/mol. The van der Waals surface area contributed by atoms with Crippen LogP contribution in [0.25, 0.3) is 16.6 Å². The molecule has 0 unspecified atom stereocenters. The predicted octanol–water partition coefficient (Wildman–Crippen LogP) is 13.2. The molecule has 0 bridgehead atoms. The van der Waals surface area contributed by atoms with E-state index in [1.54, 1.807) is 14.2 Å². The van der Waals surface area contributed by atoms with Gasteiger partial charge >= 0.3 is 0 Å². The Hall–Kier alpha value is -4.12. The number of aryl methyl sites for hydroxylation is 1. The van der Waals surface area contributed by atoms with Gasteiger partial charge < -0.3 is 23.8 Å². The van der Waals surface area contributed by atoms with Gasteiger partial charge in [-0.05, 0) is 97.9 Å². The number of benzene rings is 1. The van der Waals surface area contributed by atoms with E-state index in [0.717, 1.165) is 73.3 Å². The van der Waals surface area contributed by atoms with E-state index in [1.807, 2.05) is 53.7 Å². The van der Waals surface area contributed by atoms with Gasteiger partial charge in [-0.15, -0.1) is 13.0 Å². The molecule has 4 rings (SSSR count). The molecule has 7 nitrogen and oxygen atoms in total. The molecule has 320 valence electrons. The highest BCUT2D eigenvalue weighted by Gasteiger charge is 2.34. The summed E-state index contributed by atoms with van der Waals surface area (Å²) in [6, 6.07) is 6.19. The summed E-state index contributed by atoms with van der Waals surface area (Å²) in [4.78, 5) is 17.3. The predicted molar refractivity (Wildman–Crippen MR) is 246 cm³/mol. The number of aromatic nitrogens is 1. The summed E-state index contributed by atoms with van der Waals surface area (Å²) in [5.74, 6) is 3.36. The Morgan fingerprint density at radius 2 is 1.63 bits per heavy atom. The third-order valence-electron chi connectivity index (χ3n) is 8.90. The van der Waals surface area contributed by atoms with Gasteiger partial charge in [-0.1, -0.05) is 108 Å². The molecule has 2 aliphatic rings. The quantitative estimate of drug-likeness (QED) is 0.0770. The second-order valence-electron chi connectivity index (χ2n) is 14.8. The number of fused-ring (bicyclic) bond motifs is 4. The van der Waals surface area contributed by atoms with Crippen molar-refractivity contribution in [1.82, 2.24) is 9.88 Å². The normalized spacial score (nSPS) is 12.4. The van der Waals surface area contributed by atoms with Crippen LogP contribution in [0.2, 0.25) is 0 Å². The van der Waals surface area contributed by atoms with Crippen molar-refractivity contribution in [2.24, 2.45) is 5.41 Å². The van der Waals surface area contributed by atoms with Gasteiger partial charge in [0.15, 0.2) is 0 Å². The maximum atomic E-state index is 9.87. The Kier molecular flexibility index (Phi) is 29.0.